The number of fused-ring (bicyclic) bond motifs is 1. The van der Waals surface area contributed by atoms with E-state index in [2.05, 4.69) is 27.6 Å². The summed E-state index contributed by atoms with van der Waals surface area (Å²) in [5.41, 5.74) is 2.80. The van der Waals surface area contributed by atoms with E-state index in [1.807, 2.05) is 29.3 Å². The summed E-state index contributed by atoms with van der Waals surface area (Å²) in [6.45, 7) is 4.10. The summed E-state index contributed by atoms with van der Waals surface area (Å²) >= 11 is 1.64. The molecule has 31 heavy (non-hydrogen) atoms. The molecule has 0 amide bonds. The van der Waals surface area contributed by atoms with Crippen LogP contribution in [0.5, 0.6) is 0 Å². The minimum atomic E-state index is -0.365. The molecule has 0 aromatic carbocycles. The average Bonchev–Trinajstić information content (AvgIpc) is 3.38. The summed E-state index contributed by atoms with van der Waals surface area (Å²) in [5.74, 6) is 0.151. The lowest BCUT2D eigenvalue weighted by molar-refractivity contribution is 0.126. The smallest absolute Gasteiger partial charge is 0.227 e. The zero-order chi connectivity index (χ0) is 21.4. The van der Waals surface area contributed by atoms with E-state index in [0.717, 1.165) is 52.3 Å². The molecule has 3 aromatic heterocycles. The number of nitrogens with zero attached hydrogens (tertiary/aromatic N) is 4. The molecule has 0 radical (unpaired) electrons. The zero-order valence-electron chi connectivity index (χ0n) is 17.5. The molecule has 1 aliphatic heterocycles. The topological polar surface area (TPSA) is 76.9 Å². The average molecular weight is 441 g/mol. The quantitative estimate of drug-likeness (QED) is 0.613. The van der Waals surface area contributed by atoms with Crippen LogP contribution in [0.4, 0.5) is 16.0 Å². The number of anilines is 2. The van der Waals surface area contributed by atoms with E-state index in [0.29, 0.717) is 12.0 Å². The van der Waals surface area contributed by atoms with Crippen LogP contribution in [0.3, 0.4) is 0 Å². The molecule has 0 bridgehead atoms. The number of piperidine rings is 1. The van der Waals surface area contributed by atoms with Gasteiger partial charge in [0.2, 0.25) is 5.95 Å². The maximum Gasteiger partial charge on any atom is 0.227 e. The van der Waals surface area contributed by atoms with E-state index in [4.69, 9.17) is 9.72 Å². The van der Waals surface area contributed by atoms with E-state index in [9.17, 15) is 4.39 Å². The minimum Gasteiger partial charge on any atom is -0.376 e. The Morgan fingerprint density at radius 3 is 2.94 bits per heavy atom. The fourth-order valence-electron chi connectivity index (χ4n) is 4.38. The molecular weight excluding hydrogens is 415 g/mol. The Kier molecular flexibility index (Phi) is 5.56. The fraction of sp³-hybridized carbons (Fsp3) is 0.409. The molecule has 2 aliphatic rings. The molecule has 0 saturated carbocycles. The molecule has 9 heteroatoms. The Bertz CT molecular complexity index is 1150. The molecule has 0 spiro atoms. The zero-order valence-corrected chi connectivity index (χ0v) is 18.3. The third kappa shape index (κ3) is 4.00. The van der Waals surface area contributed by atoms with Crippen molar-refractivity contribution in [3.05, 3.63) is 53.1 Å². The predicted octanol–water partition coefficient (Wildman–Crippen LogP) is 4.39. The fourth-order valence-corrected chi connectivity index (χ4v) is 5.41. The molecule has 3 aromatic rings. The van der Waals surface area contributed by atoms with Crippen LogP contribution in [0, 0.1) is 6.92 Å². The van der Waals surface area contributed by atoms with Gasteiger partial charge in [-0.05, 0) is 45.0 Å². The van der Waals surface area contributed by atoms with Gasteiger partial charge in [0, 0.05) is 29.7 Å². The van der Waals surface area contributed by atoms with Gasteiger partial charge < -0.3 is 15.4 Å². The number of ether oxygens (including phenoxy) is 1. The van der Waals surface area contributed by atoms with Gasteiger partial charge in [-0.3, -0.25) is 4.68 Å². The lowest BCUT2D eigenvalue weighted by Crippen LogP contribution is -2.29. The largest absolute Gasteiger partial charge is 0.376 e. The number of allylic oxidation sites excluding steroid dienone is 2. The maximum absolute atomic E-state index is 13.7. The van der Waals surface area contributed by atoms with Crippen LogP contribution >= 0.6 is 11.3 Å². The second-order valence-electron chi connectivity index (χ2n) is 7.93. The third-order valence-corrected chi connectivity index (χ3v) is 6.98. The molecule has 1 saturated heterocycles. The highest BCUT2D eigenvalue weighted by atomic mass is 32.1. The molecule has 7 nitrogen and oxygen atoms in total. The molecule has 1 fully saturated rings. The highest BCUT2D eigenvalue weighted by molar-refractivity contribution is 7.19. The van der Waals surface area contributed by atoms with Gasteiger partial charge in [-0.1, -0.05) is 6.08 Å². The highest BCUT2D eigenvalue weighted by Crippen LogP contribution is 2.40. The Morgan fingerprint density at radius 2 is 2.13 bits per heavy atom. The molecular formula is C22H25FN6OS. The van der Waals surface area contributed by atoms with E-state index in [1.165, 1.54) is 12.2 Å². The Balaban J connectivity index is 1.43. The number of hydrogen-bond donors (Lipinski definition) is 2. The van der Waals surface area contributed by atoms with Crippen molar-refractivity contribution in [2.45, 2.75) is 37.8 Å². The van der Waals surface area contributed by atoms with Crippen molar-refractivity contribution in [3.8, 4) is 0 Å². The van der Waals surface area contributed by atoms with Gasteiger partial charge in [-0.15, -0.1) is 11.3 Å². The molecule has 162 valence electrons. The second-order valence-corrected chi connectivity index (χ2v) is 9.19. The Hall–Kier alpha value is -2.62. The first-order valence-electron chi connectivity index (χ1n) is 10.5. The number of hydrogen-bond acceptors (Lipinski definition) is 7. The lowest BCUT2D eigenvalue weighted by Gasteiger charge is -2.23. The van der Waals surface area contributed by atoms with Crippen molar-refractivity contribution in [1.82, 2.24) is 25.1 Å². The second kappa shape index (κ2) is 8.49. The van der Waals surface area contributed by atoms with E-state index < -0.39 is 0 Å². The normalized spacial score (nSPS) is 22.1. The van der Waals surface area contributed by atoms with Crippen molar-refractivity contribution in [1.29, 1.82) is 0 Å². The van der Waals surface area contributed by atoms with Gasteiger partial charge in [-0.2, -0.15) is 5.10 Å². The van der Waals surface area contributed by atoms with Crippen molar-refractivity contribution < 1.29 is 9.13 Å². The monoisotopic (exact) mass is 440 g/mol. The summed E-state index contributed by atoms with van der Waals surface area (Å²) in [6, 6.07) is 0.420. The first-order chi connectivity index (χ1) is 15.1. The number of aromatic nitrogens is 4. The van der Waals surface area contributed by atoms with E-state index in [1.54, 1.807) is 18.4 Å². The van der Waals surface area contributed by atoms with Crippen LogP contribution < -0.4 is 10.6 Å². The number of nitrogens with one attached hydrogen (secondary N) is 2. The summed E-state index contributed by atoms with van der Waals surface area (Å²) in [6.07, 6.45) is 12.3. The van der Waals surface area contributed by atoms with Gasteiger partial charge in [-0.25, -0.2) is 14.4 Å². The van der Waals surface area contributed by atoms with Gasteiger partial charge in [0.25, 0.3) is 0 Å². The van der Waals surface area contributed by atoms with Crippen LogP contribution in [0.25, 0.3) is 10.2 Å². The van der Waals surface area contributed by atoms with Gasteiger partial charge in [0.15, 0.2) is 0 Å². The van der Waals surface area contributed by atoms with Gasteiger partial charge >= 0.3 is 0 Å². The van der Waals surface area contributed by atoms with Crippen LogP contribution in [-0.4, -0.2) is 46.1 Å². The molecule has 2 atom stereocenters. The predicted molar refractivity (Wildman–Crippen MR) is 121 cm³/mol. The highest BCUT2D eigenvalue weighted by Gasteiger charge is 2.28. The van der Waals surface area contributed by atoms with E-state index in [-0.39, 0.29) is 17.8 Å². The Morgan fingerprint density at radius 1 is 1.29 bits per heavy atom. The van der Waals surface area contributed by atoms with Crippen molar-refractivity contribution >= 4 is 33.2 Å². The number of aryl methyl sites for hydroxylation is 1. The van der Waals surface area contributed by atoms with Crippen LogP contribution in [0.2, 0.25) is 0 Å². The van der Waals surface area contributed by atoms with Crippen molar-refractivity contribution in [3.63, 3.8) is 0 Å². The number of rotatable bonds is 5. The van der Waals surface area contributed by atoms with Crippen LogP contribution in [-0.2, 0) is 4.74 Å². The Labute approximate surface area is 184 Å². The van der Waals surface area contributed by atoms with Crippen molar-refractivity contribution in [2.24, 2.45) is 0 Å². The summed E-state index contributed by atoms with van der Waals surface area (Å²) in [7, 11) is 1.60. The summed E-state index contributed by atoms with van der Waals surface area (Å²) in [5, 5.41) is 11.2. The van der Waals surface area contributed by atoms with Crippen LogP contribution in [0.15, 0.2) is 42.6 Å². The van der Waals surface area contributed by atoms with Gasteiger partial charge in [0.05, 0.1) is 40.4 Å². The van der Waals surface area contributed by atoms with E-state index >= 15 is 0 Å². The molecule has 2 unspecified atom stereocenters. The standard InChI is InChI=1S/C22H25FN6OS/c1-13-20(17-4-3-14(23)9-18(17)30-2)21-19(31-13)11-25-22(28-21)27-15-10-26-29(12-15)16-5-7-24-8-6-16/h3-4,9-12,16-18,24H,5-8H2,1-2H3,(H,25,27,28). The number of thiophene rings is 1. The summed E-state index contributed by atoms with van der Waals surface area (Å²) < 4.78 is 22.3. The maximum atomic E-state index is 13.7. The molecule has 5 rings (SSSR count). The molecule has 4 heterocycles. The first kappa shape index (κ1) is 20.3. The van der Waals surface area contributed by atoms with Crippen LogP contribution in [0.1, 0.15) is 35.2 Å². The number of halogens is 1. The SMILES string of the molecule is COC1C=C(F)C=CC1c1c(C)sc2cnc(Nc3cnn(C4CCNCC4)c3)nc12. The van der Waals surface area contributed by atoms with Crippen molar-refractivity contribution in [2.75, 3.05) is 25.5 Å². The first-order valence-corrected chi connectivity index (χ1v) is 11.3. The molecule has 2 N–H and O–H groups in total. The lowest BCUT2D eigenvalue weighted by atomic mass is 9.89. The number of methoxy groups -OCH3 is 1. The minimum absolute atomic E-state index is 0.0938. The molecule has 1 aliphatic carbocycles. The summed E-state index contributed by atoms with van der Waals surface area (Å²) in [4.78, 5) is 10.4. The van der Waals surface area contributed by atoms with Gasteiger partial charge in [0.1, 0.15) is 5.83 Å². The third-order valence-electron chi connectivity index (χ3n) is 5.94.